The van der Waals surface area contributed by atoms with Crippen LogP contribution in [0.4, 0.5) is 5.69 Å². The molecule has 0 saturated heterocycles. The van der Waals surface area contributed by atoms with Crippen molar-refractivity contribution in [1.29, 1.82) is 0 Å². The van der Waals surface area contributed by atoms with Gasteiger partial charge in [-0.1, -0.05) is 25.5 Å². The van der Waals surface area contributed by atoms with Crippen LogP contribution < -0.4 is 4.90 Å². The van der Waals surface area contributed by atoms with E-state index in [9.17, 15) is 5.11 Å². The van der Waals surface area contributed by atoms with Gasteiger partial charge in [-0.25, -0.2) is 0 Å². The van der Waals surface area contributed by atoms with Crippen molar-refractivity contribution >= 4 is 28.9 Å². The van der Waals surface area contributed by atoms with E-state index in [1.807, 2.05) is 24.3 Å². The number of alkyl halides is 2. The summed E-state index contributed by atoms with van der Waals surface area (Å²) in [5.74, 6) is 1.16. The Morgan fingerprint density at radius 1 is 1.11 bits per heavy atom. The maximum atomic E-state index is 9.90. The topological polar surface area (TPSA) is 23.5 Å². The smallest absolute Gasteiger partial charge is 0.0790 e. The first kappa shape index (κ1) is 15.6. The van der Waals surface area contributed by atoms with Crippen LogP contribution in [0.5, 0.6) is 0 Å². The molecule has 1 aromatic rings. The average molecular weight is 290 g/mol. The number of rotatable bonds is 8. The highest BCUT2D eigenvalue weighted by Crippen LogP contribution is 2.22. The van der Waals surface area contributed by atoms with Gasteiger partial charge in [0.15, 0.2) is 0 Å². The van der Waals surface area contributed by atoms with Crippen LogP contribution >= 0.6 is 23.2 Å². The first-order chi connectivity index (χ1) is 8.72. The molecule has 0 saturated carbocycles. The van der Waals surface area contributed by atoms with Crippen molar-refractivity contribution in [2.45, 2.75) is 25.9 Å². The van der Waals surface area contributed by atoms with Crippen LogP contribution in [0, 0.1) is 0 Å². The Balaban J connectivity index is 2.73. The molecule has 0 radical (unpaired) electrons. The number of aliphatic hydroxyl groups excluding tert-OH is 1. The van der Waals surface area contributed by atoms with Gasteiger partial charge in [0, 0.05) is 30.5 Å². The molecule has 0 aliphatic heterocycles. The zero-order valence-corrected chi connectivity index (χ0v) is 12.3. The van der Waals surface area contributed by atoms with Crippen molar-refractivity contribution in [3.05, 3.63) is 29.8 Å². The summed E-state index contributed by atoms with van der Waals surface area (Å²) in [4.78, 5) is 2.15. The summed E-state index contributed by atoms with van der Waals surface area (Å²) in [6.45, 7) is 3.64. The molecule has 102 valence electrons. The fraction of sp³-hybridized carbons (Fsp3) is 0.571. The average Bonchev–Trinajstić information content (AvgIpc) is 2.39. The number of halogens is 2. The summed E-state index contributed by atoms with van der Waals surface area (Å²) in [6, 6.07) is 8.00. The summed E-state index contributed by atoms with van der Waals surface area (Å²) in [5, 5.41) is 9.90. The number of aliphatic hydroxyl groups is 1. The van der Waals surface area contributed by atoms with E-state index in [1.165, 1.54) is 0 Å². The van der Waals surface area contributed by atoms with Gasteiger partial charge in [0.05, 0.1) is 6.10 Å². The van der Waals surface area contributed by atoms with Crippen molar-refractivity contribution in [1.82, 2.24) is 0 Å². The van der Waals surface area contributed by atoms with E-state index in [-0.39, 0.29) is 6.10 Å². The lowest BCUT2D eigenvalue weighted by molar-refractivity contribution is 0.166. The summed E-state index contributed by atoms with van der Waals surface area (Å²) >= 11 is 11.6. The zero-order valence-electron chi connectivity index (χ0n) is 10.8. The molecule has 0 bridgehead atoms. The van der Waals surface area contributed by atoms with Crippen LogP contribution in [0.2, 0.25) is 0 Å². The summed E-state index contributed by atoms with van der Waals surface area (Å²) in [5.41, 5.74) is 2.07. The molecule has 0 fully saturated rings. The second-order valence-corrected chi connectivity index (χ2v) is 5.02. The van der Waals surface area contributed by atoms with Gasteiger partial charge >= 0.3 is 0 Å². The van der Waals surface area contributed by atoms with Gasteiger partial charge in [-0.3, -0.25) is 0 Å². The standard InChI is InChI=1S/C14H21Cl2NO/c1-2-3-14(18)12-4-6-13(7-5-12)17(10-8-15)11-9-16/h4-7,14,18H,2-3,8-11H2,1H3. The molecule has 2 nitrogen and oxygen atoms in total. The van der Waals surface area contributed by atoms with Gasteiger partial charge in [0.25, 0.3) is 0 Å². The minimum atomic E-state index is -0.362. The van der Waals surface area contributed by atoms with Crippen LogP contribution in [-0.4, -0.2) is 30.0 Å². The SMILES string of the molecule is CCCC(O)c1ccc(N(CCCl)CCCl)cc1. The lowest BCUT2D eigenvalue weighted by Gasteiger charge is -2.23. The second kappa shape index (κ2) is 8.63. The molecule has 1 aromatic carbocycles. The molecular formula is C14H21Cl2NO. The molecule has 0 amide bonds. The van der Waals surface area contributed by atoms with E-state index < -0.39 is 0 Å². The van der Waals surface area contributed by atoms with Crippen molar-refractivity contribution in [2.75, 3.05) is 29.7 Å². The maximum Gasteiger partial charge on any atom is 0.0790 e. The molecule has 0 aliphatic carbocycles. The van der Waals surface area contributed by atoms with Crippen LogP contribution in [-0.2, 0) is 0 Å². The van der Waals surface area contributed by atoms with Gasteiger partial charge in [-0.2, -0.15) is 0 Å². The normalized spacial score (nSPS) is 12.4. The van der Waals surface area contributed by atoms with E-state index in [0.29, 0.717) is 11.8 Å². The van der Waals surface area contributed by atoms with E-state index in [2.05, 4.69) is 11.8 Å². The Kier molecular flexibility index (Phi) is 7.48. The summed E-state index contributed by atoms with van der Waals surface area (Å²) < 4.78 is 0. The second-order valence-electron chi connectivity index (χ2n) is 4.26. The monoisotopic (exact) mass is 289 g/mol. The Hall–Kier alpha value is -0.440. The Morgan fingerprint density at radius 2 is 1.67 bits per heavy atom. The minimum Gasteiger partial charge on any atom is -0.388 e. The minimum absolute atomic E-state index is 0.362. The van der Waals surface area contributed by atoms with Gasteiger partial charge < -0.3 is 10.0 Å². The van der Waals surface area contributed by atoms with Crippen molar-refractivity contribution in [3.63, 3.8) is 0 Å². The van der Waals surface area contributed by atoms with Crippen molar-refractivity contribution in [3.8, 4) is 0 Å². The Bertz CT molecular complexity index is 323. The molecule has 0 heterocycles. The number of hydrogen-bond donors (Lipinski definition) is 1. The van der Waals surface area contributed by atoms with Crippen LogP contribution in [0.1, 0.15) is 31.4 Å². The molecule has 0 spiro atoms. The highest BCUT2D eigenvalue weighted by molar-refractivity contribution is 6.18. The number of anilines is 1. The van der Waals surface area contributed by atoms with Gasteiger partial charge in [-0.15, -0.1) is 23.2 Å². The molecule has 4 heteroatoms. The van der Waals surface area contributed by atoms with E-state index in [4.69, 9.17) is 23.2 Å². The Labute approximate surface area is 120 Å². The first-order valence-corrected chi connectivity index (χ1v) is 7.44. The third kappa shape index (κ3) is 4.68. The highest BCUT2D eigenvalue weighted by atomic mass is 35.5. The largest absolute Gasteiger partial charge is 0.388 e. The molecule has 0 aromatic heterocycles. The van der Waals surface area contributed by atoms with E-state index in [1.54, 1.807) is 0 Å². The molecule has 18 heavy (non-hydrogen) atoms. The number of nitrogens with zero attached hydrogens (tertiary/aromatic N) is 1. The fourth-order valence-electron chi connectivity index (χ4n) is 1.92. The van der Waals surface area contributed by atoms with Gasteiger partial charge in [-0.05, 0) is 24.1 Å². The third-order valence-corrected chi connectivity index (χ3v) is 3.25. The lowest BCUT2D eigenvalue weighted by atomic mass is 10.0. The van der Waals surface area contributed by atoms with Crippen molar-refractivity contribution < 1.29 is 5.11 Å². The molecule has 1 unspecified atom stereocenters. The van der Waals surface area contributed by atoms with Crippen molar-refractivity contribution in [2.24, 2.45) is 0 Å². The van der Waals surface area contributed by atoms with E-state index in [0.717, 1.165) is 37.2 Å². The predicted molar refractivity (Wildman–Crippen MR) is 80.0 cm³/mol. The summed E-state index contributed by atoms with van der Waals surface area (Å²) in [7, 11) is 0. The van der Waals surface area contributed by atoms with Crippen LogP contribution in [0.25, 0.3) is 0 Å². The van der Waals surface area contributed by atoms with Gasteiger partial charge in [0.2, 0.25) is 0 Å². The predicted octanol–water partition coefficient (Wildman–Crippen LogP) is 3.80. The maximum absolute atomic E-state index is 9.90. The van der Waals surface area contributed by atoms with Crippen LogP contribution in [0.15, 0.2) is 24.3 Å². The lowest BCUT2D eigenvalue weighted by Crippen LogP contribution is -2.27. The zero-order chi connectivity index (χ0) is 13.4. The molecule has 1 N–H and O–H groups in total. The molecule has 0 aliphatic rings. The fourth-order valence-corrected chi connectivity index (χ4v) is 2.33. The molecule has 1 rings (SSSR count). The molecule has 1 atom stereocenters. The quantitative estimate of drug-likeness (QED) is 0.736. The highest BCUT2D eigenvalue weighted by Gasteiger charge is 2.08. The number of benzene rings is 1. The Morgan fingerprint density at radius 3 is 2.11 bits per heavy atom. The third-order valence-electron chi connectivity index (χ3n) is 2.91. The summed E-state index contributed by atoms with van der Waals surface area (Å²) in [6.07, 6.45) is 1.42. The molecular weight excluding hydrogens is 269 g/mol. The van der Waals surface area contributed by atoms with Gasteiger partial charge in [0.1, 0.15) is 0 Å². The number of hydrogen-bond acceptors (Lipinski definition) is 2. The van der Waals surface area contributed by atoms with E-state index >= 15 is 0 Å². The first-order valence-electron chi connectivity index (χ1n) is 6.37. The van der Waals surface area contributed by atoms with Crippen LogP contribution in [0.3, 0.4) is 0 Å².